The van der Waals surface area contributed by atoms with E-state index in [0.717, 1.165) is 13.8 Å². The maximum absolute atomic E-state index is 11.6. The van der Waals surface area contributed by atoms with Crippen LogP contribution in [0.2, 0.25) is 0 Å². The number of carbonyl (C=O) groups is 2. The van der Waals surface area contributed by atoms with E-state index in [1.165, 1.54) is 6.08 Å². The third kappa shape index (κ3) is 3.69. The van der Waals surface area contributed by atoms with Crippen LogP contribution in [0.3, 0.4) is 0 Å². The summed E-state index contributed by atoms with van der Waals surface area (Å²) in [6, 6.07) is -2.12. The number of esters is 2. The number of carbonyl (C=O) groups excluding carboxylic acids is 2. The number of nitro groups is 2. The Balaban J connectivity index is 2.40. The zero-order chi connectivity index (χ0) is 18.0. The van der Waals surface area contributed by atoms with Gasteiger partial charge in [-0.15, -0.1) is 0 Å². The minimum absolute atomic E-state index is 0.0621. The van der Waals surface area contributed by atoms with Crippen molar-refractivity contribution in [1.29, 1.82) is 0 Å². The highest BCUT2D eigenvalue weighted by Crippen LogP contribution is 2.40. The lowest BCUT2D eigenvalue weighted by Crippen LogP contribution is -2.54. The van der Waals surface area contributed by atoms with E-state index in [0.29, 0.717) is 5.57 Å². The molecule has 1 fully saturated rings. The molecule has 0 aromatic rings. The van der Waals surface area contributed by atoms with E-state index in [-0.39, 0.29) is 19.3 Å². The van der Waals surface area contributed by atoms with Gasteiger partial charge in [0, 0.05) is 36.5 Å². The van der Waals surface area contributed by atoms with Gasteiger partial charge in [-0.05, 0) is 12.5 Å². The molecule has 0 aromatic heterocycles. The van der Waals surface area contributed by atoms with Crippen molar-refractivity contribution >= 4 is 11.9 Å². The molecule has 0 saturated heterocycles. The van der Waals surface area contributed by atoms with Crippen molar-refractivity contribution in [3.8, 4) is 0 Å². The van der Waals surface area contributed by atoms with Crippen LogP contribution in [-0.4, -0.2) is 46.1 Å². The molecular formula is C14H18N2O8. The Bertz CT molecular complexity index is 602. The Kier molecular flexibility index (Phi) is 5.15. The van der Waals surface area contributed by atoms with Crippen LogP contribution in [0.1, 0.15) is 33.1 Å². The fourth-order valence-corrected chi connectivity index (χ4v) is 3.46. The molecule has 0 heterocycles. The Morgan fingerprint density at radius 2 is 1.71 bits per heavy atom. The first-order valence-electron chi connectivity index (χ1n) is 7.52. The first-order chi connectivity index (χ1) is 11.2. The second-order valence-electron chi connectivity index (χ2n) is 5.99. The van der Waals surface area contributed by atoms with E-state index in [1.54, 1.807) is 0 Å². The third-order valence-corrected chi connectivity index (χ3v) is 4.36. The average molecular weight is 342 g/mol. The summed E-state index contributed by atoms with van der Waals surface area (Å²) in [4.78, 5) is 44.2. The topological polar surface area (TPSA) is 139 Å². The minimum Gasteiger partial charge on any atom is -0.454 e. The van der Waals surface area contributed by atoms with Crippen molar-refractivity contribution in [2.75, 3.05) is 0 Å². The molecule has 0 spiro atoms. The van der Waals surface area contributed by atoms with Crippen LogP contribution >= 0.6 is 0 Å². The Labute approximate surface area is 137 Å². The van der Waals surface area contributed by atoms with Crippen LogP contribution in [-0.2, 0) is 19.1 Å². The van der Waals surface area contributed by atoms with Gasteiger partial charge in [0.25, 0.3) is 6.04 Å². The van der Waals surface area contributed by atoms with Gasteiger partial charge in [0.2, 0.25) is 12.1 Å². The number of nitrogens with zero attached hydrogens (tertiary/aromatic N) is 2. The highest BCUT2D eigenvalue weighted by molar-refractivity contribution is 5.67. The van der Waals surface area contributed by atoms with Gasteiger partial charge in [0.05, 0.1) is 5.92 Å². The number of ether oxygens (including phenoxy) is 2. The van der Waals surface area contributed by atoms with Crippen LogP contribution < -0.4 is 0 Å². The van der Waals surface area contributed by atoms with Crippen LogP contribution in [0.5, 0.6) is 0 Å². The molecule has 0 bridgehead atoms. The first kappa shape index (κ1) is 17.8. The Morgan fingerprint density at radius 3 is 2.21 bits per heavy atom. The normalized spacial score (nSPS) is 32.1. The molecule has 24 heavy (non-hydrogen) atoms. The molecule has 2 rings (SSSR count). The first-order valence-corrected chi connectivity index (χ1v) is 7.52. The molecule has 0 aliphatic heterocycles. The van der Waals surface area contributed by atoms with Gasteiger partial charge in [-0.3, -0.25) is 29.8 Å². The molecule has 132 valence electrons. The van der Waals surface area contributed by atoms with Crippen LogP contribution in [0.15, 0.2) is 11.6 Å². The summed E-state index contributed by atoms with van der Waals surface area (Å²) in [6.07, 6.45) is -0.388. The Hall–Kier alpha value is -2.52. The molecule has 10 nitrogen and oxygen atoms in total. The molecule has 1 saturated carbocycles. The van der Waals surface area contributed by atoms with Gasteiger partial charge in [0.1, 0.15) is 0 Å². The van der Waals surface area contributed by atoms with Crippen LogP contribution in [0, 0.1) is 26.1 Å². The van der Waals surface area contributed by atoms with Crippen molar-refractivity contribution in [2.45, 2.75) is 57.4 Å². The Morgan fingerprint density at radius 1 is 1.08 bits per heavy atom. The smallest absolute Gasteiger partial charge is 0.303 e. The molecule has 0 aromatic carbocycles. The van der Waals surface area contributed by atoms with E-state index in [4.69, 9.17) is 9.47 Å². The quantitative estimate of drug-likeness (QED) is 0.317. The highest BCUT2D eigenvalue weighted by Gasteiger charge is 2.53. The predicted octanol–water partition coefficient (Wildman–Crippen LogP) is 0.881. The molecule has 0 amide bonds. The number of rotatable bonds is 4. The monoisotopic (exact) mass is 342 g/mol. The largest absolute Gasteiger partial charge is 0.454 e. The second kappa shape index (κ2) is 6.93. The van der Waals surface area contributed by atoms with Crippen molar-refractivity contribution in [1.82, 2.24) is 0 Å². The fourth-order valence-electron chi connectivity index (χ4n) is 3.46. The number of hydrogen-bond acceptors (Lipinski definition) is 8. The van der Waals surface area contributed by atoms with Crippen molar-refractivity contribution in [2.24, 2.45) is 5.92 Å². The molecular weight excluding hydrogens is 324 g/mol. The molecule has 5 atom stereocenters. The molecule has 2 aliphatic carbocycles. The summed E-state index contributed by atoms with van der Waals surface area (Å²) in [7, 11) is 0. The minimum atomic E-state index is -1.30. The maximum Gasteiger partial charge on any atom is 0.303 e. The zero-order valence-corrected chi connectivity index (χ0v) is 13.2. The van der Waals surface area contributed by atoms with Crippen LogP contribution in [0.25, 0.3) is 0 Å². The van der Waals surface area contributed by atoms with Gasteiger partial charge >= 0.3 is 11.9 Å². The number of fused-ring (bicyclic) bond motifs is 1. The fraction of sp³-hybridized carbons (Fsp3) is 0.714. The predicted molar refractivity (Wildman–Crippen MR) is 78.1 cm³/mol. The second-order valence-corrected chi connectivity index (χ2v) is 5.99. The molecule has 0 radical (unpaired) electrons. The molecule has 2 aliphatic rings. The molecule has 10 heteroatoms. The van der Waals surface area contributed by atoms with Gasteiger partial charge < -0.3 is 9.47 Å². The summed E-state index contributed by atoms with van der Waals surface area (Å²) in [5.74, 6) is -1.98. The van der Waals surface area contributed by atoms with E-state index in [2.05, 4.69) is 0 Å². The number of hydrogen-bond donors (Lipinski definition) is 0. The van der Waals surface area contributed by atoms with Crippen molar-refractivity contribution < 1.29 is 28.9 Å². The summed E-state index contributed by atoms with van der Waals surface area (Å²) in [5, 5.41) is 22.6. The third-order valence-electron chi connectivity index (χ3n) is 4.36. The lowest BCUT2D eigenvalue weighted by molar-refractivity contribution is -0.550. The SMILES string of the molecule is CC(=O)O[C@@H]1[C@@H]([N+](=O)[O-])[C@@H]2CC[C@@H]([N+](=O)[O-])CC2=C[C@@H]1OC(C)=O. The van der Waals surface area contributed by atoms with E-state index in [1.807, 2.05) is 0 Å². The lowest BCUT2D eigenvalue weighted by Gasteiger charge is -2.38. The average Bonchev–Trinajstić information content (AvgIpc) is 2.45. The molecule has 0 unspecified atom stereocenters. The summed E-state index contributed by atoms with van der Waals surface area (Å²) in [6.45, 7) is 2.25. The summed E-state index contributed by atoms with van der Waals surface area (Å²) in [5.41, 5.74) is 0.513. The van der Waals surface area contributed by atoms with Gasteiger partial charge in [-0.2, -0.15) is 0 Å². The van der Waals surface area contributed by atoms with Gasteiger partial charge in [0.15, 0.2) is 6.10 Å². The zero-order valence-electron chi connectivity index (χ0n) is 13.2. The highest BCUT2D eigenvalue weighted by atomic mass is 16.6. The van der Waals surface area contributed by atoms with Crippen molar-refractivity contribution in [3.05, 3.63) is 31.9 Å². The van der Waals surface area contributed by atoms with Crippen molar-refractivity contribution in [3.63, 3.8) is 0 Å². The van der Waals surface area contributed by atoms with Gasteiger partial charge in [-0.1, -0.05) is 5.57 Å². The van der Waals surface area contributed by atoms with Gasteiger partial charge in [-0.25, -0.2) is 0 Å². The summed E-state index contributed by atoms with van der Waals surface area (Å²) >= 11 is 0. The standard InChI is InChI=1S/C14H18N2O8/c1-7(17)23-12-6-9-5-10(15(19)20)3-4-11(9)13(16(21)22)14(12)24-8(2)18/h6,10-14H,3-5H2,1-2H3/t10-,11-,12+,13+,14+/m1/s1. The lowest BCUT2D eigenvalue weighted by atomic mass is 9.71. The van der Waals surface area contributed by atoms with E-state index >= 15 is 0 Å². The maximum atomic E-state index is 11.6. The summed E-state index contributed by atoms with van der Waals surface area (Å²) < 4.78 is 10.1. The van der Waals surface area contributed by atoms with E-state index < -0.39 is 52.0 Å². The molecule has 0 N–H and O–H groups in total. The van der Waals surface area contributed by atoms with Crippen LogP contribution in [0.4, 0.5) is 0 Å². The van der Waals surface area contributed by atoms with E-state index in [9.17, 15) is 29.8 Å².